The average Bonchev–Trinajstić information content (AvgIpc) is 2.57. The zero-order valence-electron chi connectivity index (χ0n) is 15.2. The summed E-state index contributed by atoms with van der Waals surface area (Å²) in [6, 6.07) is 11.8. The Hall–Kier alpha value is -1.87. The lowest BCUT2D eigenvalue weighted by molar-refractivity contribution is -0.127. The highest BCUT2D eigenvalue weighted by molar-refractivity contribution is 6.31. The minimum absolute atomic E-state index is 0.0344. The summed E-state index contributed by atoms with van der Waals surface area (Å²) in [6.45, 7) is 7.88. The van der Waals surface area contributed by atoms with Crippen molar-refractivity contribution in [2.75, 3.05) is 0 Å². The van der Waals surface area contributed by atoms with Gasteiger partial charge in [0.05, 0.1) is 11.5 Å². The quantitative estimate of drug-likeness (QED) is 0.700. The van der Waals surface area contributed by atoms with Crippen LogP contribution in [0.5, 0.6) is 0 Å². The fourth-order valence-corrected chi connectivity index (χ4v) is 3.19. The smallest absolute Gasteiger partial charge is 0.230 e. The number of benzene rings is 2. The topological polar surface area (TPSA) is 29.1 Å². The van der Waals surface area contributed by atoms with E-state index in [2.05, 4.69) is 12.2 Å². The minimum atomic E-state index is -0.640. The van der Waals surface area contributed by atoms with Crippen LogP contribution in [0.25, 0.3) is 0 Å². The molecule has 2 rings (SSSR count). The normalized spacial score (nSPS) is 14.6. The van der Waals surface area contributed by atoms with E-state index in [-0.39, 0.29) is 17.8 Å². The van der Waals surface area contributed by atoms with E-state index in [0.717, 1.165) is 29.5 Å². The second-order valence-corrected chi connectivity index (χ2v) is 7.20. The van der Waals surface area contributed by atoms with Crippen LogP contribution < -0.4 is 5.32 Å². The van der Waals surface area contributed by atoms with Gasteiger partial charge in [-0.25, -0.2) is 4.39 Å². The Morgan fingerprint density at radius 1 is 1.24 bits per heavy atom. The predicted octanol–water partition coefficient (Wildman–Crippen LogP) is 5.72. The third kappa shape index (κ3) is 4.40. The van der Waals surface area contributed by atoms with Crippen LogP contribution in [0, 0.1) is 12.7 Å². The lowest BCUT2D eigenvalue weighted by Gasteiger charge is -2.31. The summed E-state index contributed by atoms with van der Waals surface area (Å²) in [7, 11) is 0. The van der Waals surface area contributed by atoms with Crippen LogP contribution in [0.3, 0.4) is 0 Å². The molecule has 4 heteroatoms. The standard InChI is InChI=1S/C21H25ClFNO/c1-5-12-21(4,17-8-11-19(22)14(2)13-17)20(25)24-15(3)16-6-9-18(23)10-7-16/h6-11,13,15H,5,12H2,1-4H3,(H,24,25)/t15-,21?/m0/s1. The number of carbonyl (C=O) groups excluding carboxylic acids is 1. The molecule has 1 unspecified atom stereocenters. The highest BCUT2D eigenvalue weighted by Crippen LogP contribution is 2.32. The third-order valence-electron chi connectivity index (χ3n) is 4.76. The van der Waals surface area contributed by atoms with Gasteiger partial charge >= 0.3 is 0 Å². The molecule has 2 aromatic carbocycles. The van der Waals surface area contributed by atoms with Crippen molar-refractivity contribution in [3.8, 4) is 0 Å². The average molecular weight is 362 g/mol. The van der Waals surface area contributed by atoms with Crippen molar-refractivity contribution in [1.29, 1.82) is 0 Å². The van der Waals surface area contributed by atoms with Gasteiger partial charge in [0, 0.05) is 5.02 Å². The molecule has 0 heterocycles. The molecule has 0 radical (unpaired) electrons. The Kier molecular flexibility index (Phi) is 6.23. The van der Waals surface area contributed by atoms with Crippen LogP contribution >= 0.6 is 11.6 Å². The summed E-state index contributed by atoms with van der Waals surface area (Å²) < 4.78 is 13.1. The maximum Gasteiger partial charge on any atom is 0.230 e. The number of carbonyl (C=O) groups is 1. The predicted molar refractivity (Wildman–Crippen MR) is 101 cm³/mol. The van der Waals surface area contributed by atoms with E-state index in [1.54, 1.807) is 12.1 Å². The number of hydrogen-bond donors (Lipinski definition) is 1. The van der Waals surface area contributed by atoms with Crippen molar-refractivity contribution in [2.24, 2.45) is 0 Å². The zero-order valence-corrected chi connectivity index (χ0v) is 16.0. The van der Waals surface area contributed by atoms with Gasteiger partial charge in [0.25, 0.3) is 0 Å². The molecule has 0 saturated heterocycles. The van der Waals surface area contributed by atoms with Gasteiger partial charge in [0.1, 0.15) is 5.82 Å². The molecule has 25 heavy (non-hydrogen) atoms. The van der Waals surface area contributed by atoms with Crippen LogP contribution in [0.4, 0.5) is 4.39 Å². The van der Waals surface area contributed by atoms with Crippen LogP contribution in [0.15, 0.2) is 42.5 Å². The molecule has 1 amide bonds. The first-order valence-corrected chi connectivity index (χ1v) is 8.98. The Morgan fingerprint density at radius 2 is 1.88 bits per heavy atom. The number of rotatable bonds is 6. The van der Waals surface area contributed by atoms with Crippen molar-refractivity contribution >= 4 is 17.5 Å². The molecule has 2 atom stereocenters. The molecule has 1 N–H and O–H groups in total. The van der Waals surface area contributed by atoms with Gasteiger partial charge < -0.3 is 5.32 Å². The fraction of sp³-hybridized carbons (Fsp3) is 0.381. The Morgan fingerprint density at radius 3 is 2.44 bits per heavy atom. The van der Waals surface area contributed by atoms with Crippen LogP contribution in [0.1, 0.15) is 56.3 Å². The minimum Gasteiger partial charge on any atom is -0.349 e. The van der Waals surface area contributed by atoms with Gasteiger partial charge in [0.15, 0.2) is 0 Å². The second-order valence-electron chi connectivity index (χ2n) is 6.79. The van der Waals surface area contributed by atoms with Gasteiger partial charge in [-0.15, -0.1) is 0 Å². The summed E-state index contributed by atoms with van der Waals surface area (Å²) in [5.41, 5.74) is 2.15. The summed E-state index contributed by atoms with van der Waals surface area (Å²) in [5, 5.41) is 3.78. The highest BCUT2D eigenvalue weighted by atomic mass is 35.5. The number of nitrogens with one attached hydrogen (secondary N) is 1. The highest BCUT2D eigenvalue weighted by Gasteiger charge is 2.35. The first kappa shape index (κ1) is 19.5. The molecule has 0 aliphatic heterocycles. The monoisotopic (exact) mass is 361 g/mol. The van der Waals surface area contributed by atoms with Gasteiger partial charge in [0.2, 0.25) is 5.91 Å². The van der Waals surface area contributed by atoms with Crippen LogP contribution in [-0.2, 0) is 10.2 Å². The van der Waals surface area contributed by atoms with Crippen molar-refractivity contribution in [3.05, 3.63) is 70.0 Å². The molecule has 0 saturated carbocycles. The number of halogens is 2. The van der Waals surface area contributed by atoms with E-state index in [0.29, 0.717) is 5.02 Å². The maximum atomic E-state index is 13.1. The molecule has 0 fully saturated rings. The first-order chi connectivity index (χ1) is 11.8. The molecule has 0 spiro atoms. The second kappa shape index (κ2) is 8.01. The lowest BCUT2D eigenvalue weighted by Crippen LogP contribution is -2.43. The van der Waals surface area contributed by atoms with Crippen LogP contribution in [-0.4, -0.2) is 5.91 Å². The fourth-order valence-electron chi connectivity index (χ4n) is 3.07. The van der Waals surface area contributed by atoms with Crippen molar-refractivity contribution in [2.45, 2.75) is 52.0 Å². The van der Waals surface area contributed by atoms with E-state index in [1.165, 1.54) is 12.1 Å². The number of amides is 1. The summed E-state index contributed by atoms with van der Waals surface area (Å²) in [4.78, 5) is 13.1. The van der Waals surface area contributed by atoms with Gasteiger partial charge in [-0.2, -0.15) is 0 Å². The van der Waals surface area contributed by atoms with Gasteiger partial charge in [-0.3, -0.25) is 4.79 Å². The third-order valence-corrected chi connectivity index (χ3v) is 5.19. The lowest BCUT2D eigenvalue weighted by atomic mass is 9.77. The molecular formula is C21H25ClFNO. The summed E-state index contributed by atoms with van der Waals surface area (Å²) in [5.74, 6) is -0.317. The van der Waals surface area contributed by atoms with E-state index in [4.69, 9.17) is 11.6 Å². The van der Waals surface area contributed by atoms with Crippen molar-refractivity contribution < 1.29 is 9.18 Å². The molecule has 0 aliphatic rings. The number of hydrogen-bond acceptors (Lipinski definition) is 1. The van der Waals surface area contributed by atoms with E-state index in [1.807, 2.05) is 39.0 Å². The van der Waals surface area contributed by atoms with E-state index < -0.39 is 5.41 Å². The molecule has 0 aliphatic carbocycles. The van der Waals surface area contributed by atoms with Gasteiger partial charge in [-0.1, -0.05) is 49.2 Å². The summed E-state index contributed by atoms with van der Waals surface area (Å²) in [6.07, 6.45) is 1.62. The van der Waals surface area contributed by atoms with E-state index in [9.17, 15) is 9.18 Å². The van der Waals surface area contributed by atoms with Crippen molar-refractivity contribution in [1.82, 2.24) is 5.32 Å². The maximum absolute atomic E-state index is 13.1. The molecule has 2 aromatic rings. The first-order valence-electron chi connectivity index (χ1n) is 8.61. The zero-order chi connectivity index (χ0) is 18.6. The molecule has 134 valence electrons. The molecule has 0 aromatic heterocycles. The van der Waals surface area contributed by atoms with Crippen LogP contribution in [0.2, 0.25) is 5.02 Å². The van der Waals surface area contributed by atoms with Gasteiger partial charge in [-0.05, 0) is 62.1 Å². The SMILES string of the molecule is CCCC(C)(C(=O)N[C@@H](C)c1ccc(F)cc1)c1ccc(Cl)c(C)c1. The Bertz CT molecular complexity index is 744. The van der Waals surface area contributed by atoms with Crippen molar-refractivity contribution in [3.63, 3.8) is 0 Å². The largest absolute Gasteiger partial charge is 0.349 e. The summed E-state index contributed by atoms with van der Waals surface area (Å²) >= 11 is 6.13. The number of aryl methyl sites for hydroxylation is 1. The molecular weight excluding hydrogens is 337 g/mol. The van der Waals surface area contributed by atoms with E-state index >= 15 is 0 Å². The Labute approximate surface area is 154 Å². The molecule has 2 nitrogen and oxygen atoms in total. The Balaban J connectivity index is 2.27. The molecule has 0 bridgehead atoms.